The van der Waals surface area contributed by atoms with Gasteiger partial charge in [-0.2, -0.15) is 0 Å². The second-order valence-electron chi connectivity index (χ2n) is 4.23. The summed E-state index contributed by atoms with van der Waals surface area (Å²) in [5, 5.41) is 13.3. The third-order valence-corrected chi connectivity index (χ3v) is 3.35. The predicted octanol–water partition coefficient (Wildman–Crippen LogP) is 1.37. The number of ether oxygens (including phenoxy) is 1. The number of morpholine rings is 1. The van der Waals surface area contributed by atoms with Gasteiger partial charge >= 0.3 is 0 Å². The van der Waals surface area contributed by atoms with E-state index in [1.165, 1.54) is 5.56 Å². The van der Waals surface area contributed by atoms with Crippen LogP contribution in [0.25, 0.3) is 0 Å². The van der Waals surface area contributed by atoms with Gasteiger partial charge in [0.1, 0.15) is 5.75 Å². The zero-order valence-electron chi connectivity index (χ0n) is 8.57. The van der Waals surface area contributed by atoms with E-state index in [9.17, 15) is 5.11 Å². The Balaban J connectivity index is 2.05. The summed E-state index contributed by atoms with van der Waals surface area (Å²) < 4.78 is 5.72. The average molecular weight is 205 g/mol. The van der Waals surface area contributed by atoms with Gasteiger partial charge in [-0.3, -0.25) is 0 Å². The van der Waals surface area contributed by atoms with Crippen molar-refractivity contribution in [3.63, 3.8) is 0 Å². The quantitative estimate of drug-likeness (QED) is 0.672. The number of phenolic OH excluding ortho intramolecular Hbond substituents is 1. The number of phenols is 1. The molecule has 0 spiro atoms. The van der Waals surface area contributed by atoms with Gasteiger partial charge in [-0.05, 0) is 24.5 Å². The van der Waals surface area contributed by atoms with Crippen molar-refractivity contribution in [3.05, 3.63) is 29.3 Å². The van der Waals surface area contributed by atoms with Crippen molar-refractivity contribution in [3.8, 4) is 5.75 Å². The summed E-state index contributed by atoms with van der Waals surface area (Å²) in [7, 11) is 0. The highest BCUT2D eigenvalue weighted by molar-refractivity contribution is 5.44. The van der Waals surface area contributed by atoms with Crippen LogP contribution in [-0.4, -0.2) is 24.4 Å². The molecule has 1 heterocycles. The van der Waals surface area contributed by atoms with Crippen molar-refractivity contribution in [1.29, 1.82) is 0 Å². The molecule has 2 unspecified atom stereocenters. The highest BCUT2D eigenvalue weighted by Crippen LogP contribution is 2.38. The van der Waals surface area contributed by atoms with Crippen LogP contribution >= 0.6 is 0 Å². The summed E-state index contributed by atoms with van der Waals surface area (Å²) in [6.45, 7) is 1.65. The van der Waals surface area contributed by atoms with E-state index in [0.717, 1.165) is 31.6 Å². The number of aryl methyl sites for hydroxylation is 1. The summed E-state index contributed by atoms with van der Waals surface area (Å²) in [5.41, 5.74) is 2.31. The Morgan fingerprint density at radius 2 is 2.33 bits per heavy atom. The first kappa shape index (κ1) is 9.19. The number of aromatic hydroxyl groups is 1. The topological polar surface area (TPSA) is 41.5 Å². The zero-order chi connectivity index (χ0) is 10.3. The van der Waals surface area contributed by atoms with Crippen LogP contribution in [0, 0.1) is 0 Å². The number of hydrogen-bond donors (Lipinski definition) is 2. The minimum Gasteiger partial charge on any atom is -0.508 e. The summed E-state index contributed by atoms with van der Waals surface area (Å²) in [6, 6.07) is 5.96. The Kier molecular flexibility index (Phi) is 2.15. The number of rotatable bonds is 0. The Morgan fingerprint density at radius 3 is 3.27 bits per heavy atom. The fraction of sp³-hybridized carbons (Fsp3) is 0.500. The van der Waals surface area contributed by atoms with Crippen molar-refractivity contribution >= 4 is 0 Å². The van der Waals surface area contributed by atoms with Crippen LogP contribution in [0.5, 0.6) is 5.75 Å². The second kappa shape index (κ2) is 3.51. The molecule has 0 saturated carbocycles. The Bertz CT molecular complexity index is 378. The lowest BCUT2D eigenvalue weighted by Crippen LogP contribution is -2.44. The Hall–Kier alpha value is -1.06. The van der Waals surface area contributed by atoms with E-state index >= 15 is 0 Å². The van der Waals surface area contributed by atoms with Crippen LogP contribution in [-0.2, 0) is 11.2 Å². The monoisotopic (exact) mass is 205 g/mol. The molecule has 3 nitrogen and oxygen atoms in total. The van der Waals surface area contributed by atoms with Gasteiger partial charge < -0.3 is 15.2 Å². The molecule has 15 heavy (non-hydrogen) atoms. The van der Waals surface area contributed by atoms with Crippen LogP contribution in [0.1, 0.15) is 23.6 Å². The van der Waals surface area contributed by atoms with E-state index in [1.807, 2.05) is 6.07 Å². The van der Waals surface area contributed by atoms with Crippen molar-refractivity contribution in [2.24, 2.45) is 0 Å². The zero-order valence-corrected chi connectivity index (χ0v) is 8.57. The van der Waals surface area contributed by atoms with Gasteiger partial charge in [0.05, 0.1) is 18.8 Å². The molecule has 1 saturated heterocycles. The van der Waals surface area contributed by atoms with Gasteiger partial charge in [0, 0.05) is 12.1 Å². The molecule has 2 N–H and O–H groups in total. The van der Waals surface area contributed by atoms with Crippen LogP contribution < -0.4 is 5.32 Å². The minimum atomic E-state index is 0.184. The Morgan fingerprint density at radius 1 is 1.40 bits per heavy atom. The van der Waals surface area contributed by atoms with Crippen LogP contribution in [0.3, 0.4) is 0 Å². The molecule has 1 aromatic rings. The van der Waals surface area contributed by atoms with Crippen LogP contribution in [0.2, 0.25) is 0 Å². The molecule has 1 aliphatic heterocycles. The molecule has 1 aromatic carbocycles. The fourth-order valence-corrected chi connectivity index (χ4v) is 2.66. The third kappa shape index (κ3) is 1.43. The average Bonchev–Trinajstić information content (AvgIpc) is 2.29. The smallest absolute Gasteiger partial charge is 0.120 e. The highest BCUT2D eigenvalue weighted by atomic mass is 16.5. The van der Waals surface area contributed by atoms with Crippen LogP contribution in [0.15, 0.2) is 18.2 Å². The van der Waals surface area contributed by atoms with E-state index in [1.54, 1.807) is 6.07 Å². The summed E-state index contributed by atoms with van der Waals surface area (Å²) in [4.78, 5) is 0. The molecule has 1 fully saturated rings. The molecular weight excluding hydrogens is 190 g/mol. The van der Waals surface area contributed by atoms with Crippen molar-refractivity contribution < 1.29 is 9.84 Å². The standard InChI is InChI=1S/C12H15NO2/c14-9-3-1-2-8-4-5-10-12(11(8)9)13-6-7-15-10/h1-3,10,12-14H,4-7H2. The van der Waals surface area contributed by atoms with Gasteiger partial charge in [-0.15, -0.1) is 0 Å². The Labute approximate surface area is 89.1 Å². The lowest BCUT2D eigenvalue weighted by molar-refractivity contribution is -0.0145. The minimum absolute atomic E-state index is 0.184. The molecule has 2 aliphatic rings. The van der Waals surface area contributed by atoms with Gasteiger partial charge in [0.25, 0.3) is 0 Å². The molecule has 3 rings (SSSR count). The first-order valence-corrected chi connectivity index (χ1v) is 5.52. The van der Waals surface area contributed by atoms with E-state index in [4.69, 9.17) is 4.74 Å². The second-order valence-corrected chi connectivity index (χ2v) is 4.23. The third-order valence-electron chi connectivity index (χ3n) is 3.35. The molecule has 80 valence electrons. The number of benzene rings is 1. The van der Waals surface area contributed by atoms with Gasteiger partial charge in [0.15, 0.2) is 0 Å². The maximum Gasteiger partial charge on any atom is 0.120 e. The number of fused-ring (bicyclic) bond motifs is 3. The normalized spacial score (nSPS) is 29.3. The number of nitrogens with one attached hydrogen (secondary N) is 1. The van der Waals surface area contributed by atoms with Gasteiger partial charge in [-0.25, -0.2) is 0 Å². The van der Waals surface area contributed by atoms with Crippen molar-refractivity contribution in [2.45, 2.75) is 25.0 Å². The lowest BCUT2D eigenvalue weighted by atomic mass is 9.84. The molecule has 1 aliphatic carbocycles. The van der Waals surface area contributed by atoms with Crippen LogP contribution in [0.4, 0.5) is 0 Å². The predicted molar refractivity (Wildman–Crippen MR) is 56.9 cm³/mol. The van der Waals surface area contributed by atoms with E-state index in [2.05, 4.69) is 11.4 Å². The highest BCUT2D eigenvalue weighted by Gasteiger charge is 2.33. The van der Waals surface area contributed by atoms with E-state index in [-0.39, 0.29) is 12.1 Å². The maximum absolute atomic E-state index is 9.90. The van der Waals surface area contributed by atoms with Crippen molar-refractivity contribution in [2.75, 3.05) is 13.2 Å². The van der Waals surface area contributed by atoms with Crippen molar-refractivity contribution in [1.82, 2.24) is 5.32 Å². The molecule has 0 aromatic heterocycles. The molecule has 2 atom stereocenters. The summed E-state index contributed by atoms with van der Waals surface area (Å²) in [6.07, 6.45) is 2.29. The summed E-state index contributed by atoms with van der Waals surface area (Å²) >= 11 is 0. The molecule has 0 bridgehead atoms. The lowest BCUT2D eigenvalue weighted by Gasteiger charge is -2.38. The molecule has 0 radical (unpaired) electrons. The molecule has 0 amide bonds. The van der Waals surface area contributed by atoms with E-state index in [0.29, 0.717) is 5.75 Å². The maximum atomic E-state index is 9.90. The van der Waals surface area contributed by atoms with Gasteiger partial charge in [0.2, 0.25) is 0 Å². The molecular formula is C12H15NO2. The fourth-order valence-electron chi connectivity index (χ4n) is 2.66. The number of hydrogen-bond acceptors (Lipinski definition) is 3. The first-order valence-electron chi connectivity index (χ1n) is 5.52. The SMILES string of the molecule is Oc1cccc2c1C1NCCOC1CC2. The first-order chi connectivity index (χ1) is 7.36. The summed E-state index contributed by atoms with van der Waals surface area (Å²) in [5.74, 6) is 0.403. The van der Waals surface area contributed by atoms with E-state index < -0.39 is 0 Å². The largest absolute Gasteiger partial charge is 0.508 e. The van der Waals surface area contributed by atoms with Gasteiger partial charge in [-0.1, -0.05) is 12.1 Å². The molecule has 3 heteroatoms.